The predicted octanol–water partition coefficient (Wildman–Crippen LogP) is -0.190. The summed E-state index contributed by atoms with van der Waals surface area (Å²) in [6.45, 7) is 6.31. The normalized spacial score (nSPS) is 18.8. The lowest BCUT2D eigenvalue weighted by atomic mass is 10.2. The van der Waals surface area contributed by atoms with Crippen LogP contribution in [0.2, 0.25) is 0 Å². The second-order valence-corrected chi connectivity index (χ2v) is 4.10. The Balaban J connectivity index is 2.26. The Bertz CT molecular complexity index is 253. The summed E-state index contributed by atoms with van der Waals surface area (Å²) in [6, 6.07) is -0.111. The highest BCUT2D eigenvalue weighted by atomic mass is 16.2. The molecule has 0 aliphatic carbocycles. The zero-order valence-electron chi connectivity index (χ0n) is 9.96. The Labute approximate surface area is 97.8 Å². The zero-order chi connectivity index (χ0) is 11.8. The lowest BCUT2D eigenvalue weighted by Crippen LogP contribution is -2.48. The third-order valence-electron chi connectivity index (χ3n) is 2.69. The molecule has 0 aromatic carbocycles. The maximum Gasteiger partial charge on any atom is 0.235 e. The van der Waals surface area contributed by atoms with Crippen molar-refractivity contribution in [3.05, 3.63) is 0 Å². The summed E-state index contributed by atoms with van der Waals surface area (Å²) < 4.78 is 0. The summed E-state index contributed by atoms with van der Waals surface area (Å²) in [7, 11) is 0. The van der Waals surface area contributed by atoms with Gasteiger partial charge in [-0.15, -0.1) is 6.42 Å². The second kappa shape index (κ2) is 7.26. The van der Waals surface area contributed by atoms with Gasteiger partial charge < -0.3 is 10.6 Å². The van der Waals surface area contributed by atoms with E-state index in [0.717, 1.165) is 39.0 Å². The van der Waals surface area contributed by atoms with Crippen LogP contribution in [-0.2, 0) is 4.79 Å². The van der Waals surface area contributed by atoms with Crippen molar-refractivity contribution in [2.24, 2.45) is 0 Å². The fourth-order valence-electron chi connectivity index (χ4n) is 1.80. The first kappa shape index (κ1) is 13.0. The molecule has 0 aromatic heterocycles. The third-order valence-corrected chi connectivity index (χ3v) is 2.69. The molecule has 16 heavy (non-hydrogen) atoms. The number of piperazine rings is 1. The van der Waals surface area contributed by atoms with Gasteiger partial charge in [-0.25, -0.2) is 0 Å². The highest BCUT2D eigenvalue weighted by molar-refractivity contribution is 5.78. The second-order valence-electron chi connectivity index (χ2n) is 4.10. The molecule has 1 rings (SSSR count). The van der Waals surface area contributed by atoms with E-state index < -0.39 is 0 Å². The highest BCUT2D eigenvalue weighted by Crippen LogP contribution is 1.96. The van der Waals surface area contributed by atoms with Crippen molar-refractivity contribution >= 4 is 5.91 Å². The number of amides is 1. The predicted molar refractivity (Wildman–Crippen MR) is 65.0 cm³/mol. The van der Waals surface area contributed by atoms with Gasteiger partial charge in [0.1, 0.15) is 0 Å². The molecule has 1 aliphatic heterocycles. The van der Waals surface area contributed by atoms with E-state index in [4.69, 9.17) is 6.42 Å². The molecular formula is C12H21N3O. The molecule has 0 bridgehead atoms. The summed E-state index contributed by atoms with van der Waals surface area (Å²) >= 11 is 0. The number of rotatable bonds is 5. The van der Waals surface area contributed by atoms with E-state index in [0.29, 0.717) is 6.54 Å². The van der Waals surface area contributed by atoms with Gasteiger partial charge in [0.15, 0.2) is 0 Å². The number of nitrogens with zero attached hydrogens (tertiary/aromatic N) is 1. The Morgan fingerprint density at radius 1 is 1.56 bits per heavy atom. The van der Waals surface area contributed by atoms with E-state index in [1.807, 2.05) is 0 Å². The first-order chi connectivity index (χ1) is 7.76. The fourth-order valence-corrected chi connectivity index (χ4v) is 1.80. The van der Waals surface area contributed by atoms with Crippen molar-refractivity contribution in [3.8, 4) is 12.3 Å². The van der Waals surface area contributed by atoms with Crippen LogP contribution in [0, 0.1) is 12.3 Å². The monoisotopic (exact) mass is 223 g/mol. The van der Waals surface area contributed by atoms with Crippen LogP contribution >= 0.6 is 0 Å². The van der Waals surface area contributed by atoms with Crippen molar-refractivity contribution in [1.29, 1.82) is 0 Å². The minimum atomic E-state index is -0.111. The van der Waals surface area contributed by atoms with Crippen molar-refractivity contribution in [3.63, 3.8) is 0 Å². The number of terminal acetylenes is 1. The van der Waals surface area contributed by atoms with E-state index in [-0.39, 0.29) is 11.9 Å². The Kier molecular flexibility index (Phi) is 5.91. The van der Waals surface area contributed by atoms with Gasteiger partial charge in [0.2, 0.25) is 5.91 Å². The number of carbonyl (C=O) groups is 1. The number of hydrogen-bond donors (Lipinski definition) is 2. The molecule has 1 unspecified atom stereocenters. The first-order valence-corrected chi connectivity index (χ1v) is 5.94. The zero-order valence-corrected chi connectivity index (χ0v) is 9.96. The van der Waals surface area contributed by atoms with Gasteiger partial charge >= 0.3 is 0 Å². The van der Waals surface area contributed by atoms with Gasteiger partial charge in [0.25, 0.3) is 0 Å². The molecule has 90 valence electrons. The maximum absolute atomic E-state index is 11.7. The molecule has 1 atom stereocenters. The molecular weight excluding hydrogens is 202 g/mol. The Morgan fingerprint density at radius 3 is 2.81 bits per heavy atom. The minimum absolute atomic E-state index is 0.0401. The lowest BCUT2D eigenvalue weighted by molar-refractivity contribution is -0.122. The van der Waals surface area contributed by atoms with Gasteiger partial charge in [-0.3, -0.25) is 9.69 Å². The van der Waals surface area contributed by atoms with Crippen molar-refractivity contribution in [1.82, 2.24) is 15.5 Å². The SMILES string of the molecule is C#CC(CCC)NC(=O)CN1CCNCC1. The minimum Gasteiger partial charge on any atom is -0.341 e. The molecule has 0 aromatic rings. The molecule has 0 spiro atoms. The largest absolute Gasteiger partial charge is 0.341 e. The summed E-state index contributed by atoms with van der Waals surface area (Å²) in [4.78, 5) is 13.8. The molecule has 1 heterocycles. The van der Waals surface area contributed by atoms with Gasteiger partial charge in [-0.05, 0) is 6.42 Å². The molecule has 1 fully saturated rings. The quantitative estimate of drug-likeness (QED) is 0.635. The average Bonchev–Trinajstić information content (AvgIpc) is 2.29. The molecule has 4 nitrogen and oxygen atoms in total. The Morgan fingerprint density at radius 2 is 2.25 bits per heavy atom. The topological polar surface area (TPSA) is 44.4 Å². The van der Waals surface area contributed by atoms with Crippen LogP contribution in [0.4, 0.5) is 0 Å². The molecule has 0 saturated carbocycles. The van der Waals surface area contributed by atoms with E-state index >= 15 is 0 Å². The molecule has 1 saturated heterocycles. The Hall–Kier alpha value is -1.05. The van der Waals surface area contributed by atoms with E-state index in [9.17, 15) is 4.79 Å². The summed E-state index contributed by atoms with van der Waals surface area (Å²) in [5, 5.41) is 6.13. The summed E-state index contributed by atoms with van der Waals surface area (Å²) in [6.07, 6.45) is 7.19. The number of hydrogen-bond acceptors (Lipinski definition) is 3. The molecule has 1 amide bonds. The standard InChI is InChI=1S/C12H21N3O/c1-3-5-11(4-2)14-12(16)10-15-8-6-13-7-9-15/h2,11,13H,3,5-10H2,1H3,(H,14,16). The van der Waals surface area contributed by atoms with Crippen LogP contribution in [0.3, 0.4) is 0 Å². The molecule has 2 N–H and O–H groups in total. The highest BCUT2D eigenvalue weighted by Gasteiger charge is 2.15. The smallest absolute Gasteiger partial charge is 0.235 e. The van der Waals surface area contributed by atoms with E-state index in [1.54, 1.807) is 0 Å². The van der Waals surface area contributed by atoms with Crippen LogP contribution in [-0.4, -0.2) is 49.6 Å². The van der Waals surface area contributed by atoms with Crippen LogP contribution in [0.15, 0.2) is 0 Å². The van der Waals surface area contributed by atoms with E-state index in [1.165, 1.54) is 0 Å². The van der Waals surface area contributed by atoms with Crippen molar-refractivity contribution in [2.45, 2.75) is 25.8 Å². The van der Waals surface area contributed by atoms with Crippen LogP contribution < -0.4 is 10.6 Å². The van der Waals surface area contributed by atoms with Crippen LogP contribution in [0.1, 0.15) is 19.8 Å². The van der Waals surface area contributed by atoms with Gasteiger partial charge in [0, 0.05) is 26.2 Å². The summed E-state index contributed by atoms with van der Waals surface area (Å²) in [5.41, 5.74) is 0. The van der Waals surface area contributed by atoms with Crippen molar-refractivity contribution < 1.29 is 4.79 Å². The van der Waals surface area contributed by atoms with Crippen LogP contribution in [0.5, 0.6) is 0 Å². The number of carbonyl (C=O) groups excluding carboxylic acids is 1. The van der Waals surface area contributed by atoms with Crippen molar-refractivity contribution in [2.75, 3.05) is 32.7 Å². The van der Waals surface area contributed by atoms with Gasteiger partial charge in [-0.1, -0.05) is 19.3 Å². The van der Waals surface area contributed by atoms with Gasteiger partial charge in [-0.2, -0.15) is 0 Å². The number of nitrogens with one attached hydrogen (secondary N) is 2. The van der Waals surface area contributed by atoms with E-state index in [2.05, 4.69) is 28.4 Å². The molecule has 1 aliphatic rings. The lowest BCUT2D eigenvalue weighted by Gasteiger charge is -2.26. The average molecular weight is 223 g/mol. The third kappa shape index (κ3) is 4.65. The van der Waals surface area contributed by atoms with Crippen LogP contribution in [0.25, 0.3) is 0 Å². The summed E-state index contributed by atoms with van der Waals surface area (Å²) in [5.74, 6) is 2.65. The fraction of sp³-hybridized carbons (Fsp3) is 0.750. The molecule has 4 heteroatoms. The first-order valence-electron chi connectivity index (χ1n) is 5.94. The maximum atomic E-state index is 11.7. The molecule has 0 radical (unpaired) electrons. The van der Waals surface area contributed by atoms with Gasteiger partial charge in [0.05, 0.1) is 12.6 Å².